The fraction of sp³-hybridized carbons (Fsp3) is 0.600. The van der Waals surface area contributed by atoms with E-state index in [1.807, 2.05) is 30.3 Å². The van der Waals surface area contributed by atoms with Gasteiger partial charge in [-0.25, -0.2) is 0 Å². The number of hydrogen-bond donors (Lipinski definition) is 1. The Kier molecular flexibility index (Phi) is 6.64. The topological polar surface area (TPSA) is 57.2 Å². The molecule has 1 aromatic carbocycles. The second-order valence-corrected chi connectivity index (χ2v) is 7.28. The molecule has 1 N–H and O–H groups in total. The van der Waals surface area contributed by atoms with E-state index in [1.165, 1.54) is 4.46 Å². The number of ether oxygens (including phenoxy) is 4. The van der Waals surface area contributed by atoms with Crippen LogP contribution in [-0.2, 0) is 18.9 Å². The van der Waals surface area contributed by atoms with E-state index < -0.39 is 12.2 Å². The van der Waals surface area contributed by atoms with Crippen LogP contribution < -0.4 is 4.46 Å². The van der Waals surface area contributed by atoms with E-state index in [0.717, 1.165) is 0 Å². The van der Waals surface area contributed by atoms with E-state index in [0.29, 0.717) is 6.61 Å². The van der Waals surface area contributed by atoms with Gasteiger partial charge in [-0.3, -0.25) is 0 Å². The molecule has 0 unspecified atom stereocenters. The summed E-state index contributed by atoms with van der Waals surface area (Å²) in [4.78, 5) is 0. The molecule has 0 aliphatic carbocycles. The van der Waals surface area contributed by atoms with Gasteiger partial charge in [0.25, 0.3) is 0 Å². The van der Waals surface area contributed by atoms with E-state index in [-0.39, 0.29) is 32.2 Å². The van der Waals surface area contributed by atoms with Gasteiger partial charge in [-0.1, -0.05) is 0 Å². The summed E-state index contributed by atoms with van der Waals surface area (Å²) in [6.45, 7) is 0.402. The fourth-order valence-corrected chi connectivity index (χ4v) is 4.65. The van der Waals surface area contributed by atoms with Gasteiger partial charge >= 0.3 is 131 Å². The maximum atomic E-state index is 10.5. The molecule has 0 bridgehead atoms. The average Bonchev–Trinajstić information content (AvgIpc) is 2.82. The molecule has 1 aliphatic rings. The quantitative estimate of drug-likeness (QED) is 0.681. The van der Waals surface area contributed by atoms with Crippen LogP contribution in [0.1, 0.15) is 0 Å². The van der Waals surface area contributed by atoms with Crippen molar-refractivity contribution in [1.29, 1.82) is 0 Å². The predicted octanol–water partition coefficient (Wildman–Crippen LogP) is -0.222. The van der Waals surface area contributed by atoms with Gasteiger partial charge in [-0.05, 0) is 0 Å². The molecular formula is C15H22O5Se. The Labute approximate surface area is 131 Å². The van der Waals surface area contributed by atoms with Gasteiger partial charge in [0, 0.05) is 0 Å². The van der Waals surface area contributed by atoms with Crippen molar-refractivity contribution in [3.05, 3.63) is 30.3 Å². The molecule has 5 atom stereocenters. The SMILES string of the molecule is COC[C@@H](OC)[C@H]1O[C@@H]([Se]c2ccccc2)[C@H](O)[C@H]1OC. The first-order valence-electron chi connectivity index (χ1n) is 6.81. The van der Waals surface area contributed by atoms with Gasteiger partial charge in [-0.2, -0.15) is 0 Å². The molecule has 1 fully saturated rings. The fourth-order valence-electron chi connectivity index (χ4n) is 2.43. The molecule has 1 saturated heterocycles. The van der Waals surface area contributed by atoms with E-state index in [1.54, 1.807) is 21.3 Å². The summed E-state index contributed by atoms with van der Waals surface area (Å²) in [5.74, 6) is 0. The third kappa shape index (κ3) is 4.05. The molecule has 6 heteroatoms. The zero-order chi connectivity index (χ0) is 15.2. The van der Waals surface area contributed by atoms with Crippen molar-refractivity contribution in [1.82, 2.24) is 0 Å². The van der Waals surface area contributed by atoms with Crippen LogP contribution in [0, 0.1) is 0 Å². The molecule has 1 aliphatic heterocycles. The number of aliphatic hydroxyl groups excluding tert-OH is 1. The second kappa shape index (κ2) is 8.25. The van der Waals surface area contributed by atoms with Crippen molar-refractivity contribution in [3.8, 4) is 0 Å². The van der Waals surface area contributed by atoms with Crippen molar-refractivity contribution in [2.75, 3.05) is 27.9 Å². The van der Waals surface area contributed by atoms with Gasteiger partial charge in [-0.15, -0.1) is 0 Å². The van der Waals surface area contributed by atoms with Crippen LogP contribution in [0.25, 0.3) is 0 Å². The molecule has 21 heavy (non-hydrogen) atoms. The first kappa shape index (κ1) is 16.9. The van der Waals surface area contributed by atoms with Crippen LogP contribution in [0.15, 0.2) is 30.3 Å². The standard InChI is InChI=1S/C15H22O5Se/c1-17-9-11(18-2)13-14(19-3)12(16)15(20-13)21-10-7-5-4-6-8-10/h4-8,11-16H,9H2,1-3H3/t11-,12-,13-,14-,15+/m1/s1. The van der Waals surface area contributed by atoms with Crippen LogP contribution in [0.2, 0.25) is 0 Å². The molecule has 0 aromatic heterocycles. The van der Waals surface area contributed by atoms with Crippen molar-refractivity contribution in [2.45, 2.75) is 29.4 Å². The summed E-state index contributed by atoms with van der Waals surface area (Å²) in [6, 6.07) is 10.1. The molecule has 1 heterocycles. The Balaban J connectivity index is 2.07. The normalized spacial score (nSPS) is 30.5. The molecule has 0 amide bonds. The number of rotatable bonds is 7. The summed E-state index contributed by atoms with van der Waals surface area (Å²) in [6.07, 6.45) is -1.65. The summed E-state index contributed by atoms with van der Waals surface area (Å²) in [5.41, 5.74) is 0. The molecule has 118 valence electrons. The van der Waals surface area contributed by atoms with Crippen LogP contribution in [0.4, 0.5) is 0 Å². The van der Waals surface area contributed by atoms with Crippen LogP contribution in [-0.4, -0.2) is 77.4 Å². The van der Waals surface area contributed by atoms with Gasteiger partial charge in [0.2, 0.25) is 0 Å². The summed E-state index contributed by atoms with van der Waals surface area (Å²) >= 11 is 0.0115. The number of aliphatic hydroxyl groups is 1. The third-order valence-corrected chi connectivity index (χ3v) is 5.95. The zero-order valence-corrected chi connectivity index (χ0v) is 14.2. The average molecular weight is 361 g/mol. The van der Waals surface area contributed by atoms with E-state index >= 15 is 0 Å². The Hall–Kier alpha value is -0.461. The molecular weight excluding hydrogens is 339 g/mol. The minimum absolute atomic E-state index is 0.0115. The Morgan fingerprint density at radius 3 is 2.52 bits per heavy atom. The van der Waals surface area contributed by atoms with Crippen molar-refractivity contribution < 1.29 is 24.1 Å². The van der Waals surface area contributed by atoms with Gasteiger partial charge in [0.1, 0.15) is 0 Å². The van der Waals surface area contributed by atoms with Crippen LogP contribution >= 0.6 is 0 Å². The van der Waals surface area contributed by atoms with Crippen molar-refractivity contribution in [2.24, 2.45) is 0 Å². The monoisotopic (exact) mass is 362 g/mol. The third-order valence-electron chi connectivity index (χ3n) is 3.50. The van der Waals surface area contributed by atoms with Gasteiger partial charge in [0.15, 0.2) is 0 Å². The zero-order valence-electron chi connectivity index (χ0n) is 12.5. The summed E-state index contributed by atoms with van der Waals surface area (Å²) in [5, 5.41) is 10.2. The molecule has 2 rings (SSSR count). The molecule has 0 saturated carbocycles. The van der Waals surface area contributed by atoms with Crippen molar-refractivity contribution in [3.63, 3.8) is 0 Å². The van der Waals surface area contributed by atoms with E-state index in [4.69, 9.17) is 18.9 Å². The van der Waals surface area contributed by atoms with Crippen LogP contribution in [0.5, 0.6) is 0 Å². The van der Waals surface area contributed by atoms with Gasteiger partial charge < -0.3 is 0 Å². The predicted molar refractivity (Wildman–Crippen MR) is 80.0 cm³/mol. The van der Waals surface area contributed by atoms with Crippen molar-refractivity contribution >= 4 is 19.4 Å². The Morgan fingerprint density at radius 2 is 1.95 bits per heavy atom. The molecule has 5 nitrogen and oxygen atoms in total. The molecule has 0 spiro atoms. The van der Waals surface area contributed by atoms with E-state index in [2.05, 4.69) is 0 Å². The van der Waals surface area contributed by atoms with Crippen LogP contribution in [0.3, 0.4) is 0 Å². The molecule has 1 aromatic rings. The molecule has 0 radical (unpaired) electrons. The summed E-state index contributed by atoms with van der Waals surface area (Å²) in [7, 11) is 4.81. The second-order valence-electron chi connectivity index (χ2n) is 4.82. The maximum absolute atomic E-state index is 10.5. The summed E-state index contributed by atoms with van der Waals surface area (Å²) < 4.78 is 23.2. The Bertz CT molecular complexity index is 416. The number of methoxy groups -OCH3 is 3. The van der Waals surface area contributed by atoms with Gasteiger partial charge in [0.05, 0.1) is 0 Å². The van der Waals surface area contributed by atoms with E-state index in [9.17, 15) is 5.11 Å². The Morgan fingerprint density at radius 1 is 1.24 bits per heavy atom. The number of hydrogen-bond acceptors (Lipinski definition) is 5. The first-order valence-corrected chi connectivity index (χ1v) is 8.65. The number of benzene rings is 1. The minimum atomic E-state index is -0.658. The first-order chi connectivity index (χ1) is 10.2.